The molecule has 3 rings (SSSR count). The summed E-state index contributed by atoms with van der Waals surface area (Å²) in [7, 11) is 1.56. The number of rotatable bonds is 21. The highest BCUT2D eigenvalue weighted by atomic mass is 16.5. The van der Waals surface area contributed by atoms with Crippen LogP contribution in [-0.4, -0.2) is 78.0 Å². The summed E-state index contributed by atoms with van der Waals surface area (Å²) in [6.45, 7) is 11.4. The van der Waals surface area contributed by atoms with Crippen molar-refractivity contribution in [3.05, 3.63) is 77.9 Å². The van der Waals surface area contributed by atoms with E-state index < -0.39 is 54.1 Å². The minimum atomic E-state index is -1.22. The van der Waals surface area contributed by atoms with Gasteiger partial charge in [-0.25, -0.2) is 4.79 Å². The first-order valence-corrected chi connectivity index (χ1v) is 19.0. The highest BCUT2D eigenvalue weighted by Crippen LogP contribution is 2.21. The Bertz CT molecular complexity index is 1640. The lowest BCUT2D eigenvalue weighted by molar-refractivity contribution is -0.132. The number of amides is 4. The van der Waals surface area contributed by atoms with E-state index in [9.17, 15) is 29.4 Å². The van der Waals surface area contributed by atoms with Gasteiger partial charge >= 0.3 is 6.09 Å². The molecular weight excluding hydrogens is 688 g/mol. The van der Waals surface area contributed by atoms with Crippen LogP contribution in [-0.2, 0) is 32.1 Å². The topological polar surface area (TPSA) is 175 Å². The number of aliphatic hydroxyl groups is 2. The molecule has 12 nitrogen and oxygen atoms in total. The summed E-state index contributed by atoms with van der Waals surface area (Å²) in [5.41, 5.74) is 1.55. The number of methoxy groups -OCH3 is 1. The zero-order chi connectivity index (χ0) is 39.8. The molecule has 0 saturated heterocycles. The summed E-state index contributed by atoms with van der Waals surface area (Å²) in [5, 5.41) is 34.2. The first kappa shape index (κ1) is 43.7. The molecule has 6 N–H and O–H groups in total. The lowest BCUT2D eigenvalue weighted by Gasteiger charge is -2.30. The van der Waals surface area contributed by atoms with Crippen molar-refractivity contribution >= 4 is 34.6 Å². The fourth-order valence-electron chi connectivity index (χ4n) is 6.28. The van der Waals surface area contributed by atoms with Crippen LogP contribution in [0.25, 0.3) is 10.8 Å². The first-order valence-electron chi connectivity index (χ1n) is 19.0. The van der Waals surface area contributed by atoms with Crippen LogP contribution < -0.4 is 26.0 Å². The monoisotopic (exact) mass is 748 g/mol. The number of carbonyl (C=O) groups is 4. The molecule has 296 valence electrons. The zero-order valence-corrected chi connectivity index (χ0v) is 32.8. The molecule has 0 aliphatic carbocycles. The lowest BCUT2D eigenvalue weighted by Crippen LogP contribution is -2.57. The molecule has 0 aliphatic heterocycles. The van der Waals surface area contributed by atoms with Gasteiger partial charge in [0.1, 0.15) is 24.4 Å². The average molecular weight is 749 g/mol. The normalized spacial score (nSPS) is 14.7. The Morgan fingerprint density at radius 2 is 1.39 bits per heavy atom. The number of nitrogens with one attached hydrogen (secondary N) is 4. The molecule has 0 aliphatic rings. The first-order chi connectivity index (χ1) is 25.7. The molecule has 4 amide bonds. The van der Waals surface area contributed by atoms with Gasteiger partial charge in [0, 0.05) is 6.42 Å². The van der Waals surface area contributed by atoms with Crippen LogP contribution in [0.1, 0.15) is 78.4 Å². The Kier molecular flexibility index (Phi) is 17.7. The summed E-state index contributed by atoms with van der Waals surface area (Å²) in [6.07, 6.45) is -0.763. The fourth-order valence-corrected chi connectivity index (χ4v) is 6.28. The van der Waals surface area contributed by atoms with Gasteiger partial charge in [-0.2, -0.15) is 0 Å². The van der Waals surface area contributed by atoms with E-state index >= 15 is 0 Å². The van der Waals surface area contributed by atoms with E-state index in [-0.39, 0.29) is 50.2 Å². The molecule has 0 unspecified atom stereocenters. The average Bonchev–Trinajstić information content (AvgIpc) is 3.14. The minimum absolute atomic E-state index is 0.00444. The number of fused-ring (bicyclic) bond motifs is 1. The maximum Gasteiger partial charge on any atom is 0.408 e. The Balaban J connectivity index is 1.81. The van der Waals surface area contributed by atoms with E-state index in [1.807, 2.05) is 84.0 Å². The van der Waals surface area contributed by atoms with Crippen LogP contribution in [0.2, 0.25) is 0 Å². The summed E-state index contributed by atoms with van der Waals surface area (Å²) in [4.78, 5) is 54.1. The summed E-state index contributed by atoms with van der Waals surface area (Å²) in [6, 6.07) is 17.2. The third-order valence-electron chi connectivity index (χ3n) is 9.57. The Labute approximate surface area is 319 Å². The van der Waals surface area contributed by atoms with Gasteiger partial charge in [0.15, 0.2) is 0 Å². The van der Waals surface area contributed by atoms with Crippen LogP contribution >= 0.6 is 0 Å². The predicted molar refractivity (Wildman–Crippen MR) is 210 cm³/mol. The Morgan fingerprint density at radius 3 is 2.02 bits per heavy atom. The van der Waals surface area contributed by atoms with E-state index in [0.29, 0.717) is 12.2 Å². The maximum atomic E-state index is 14.1. The van der Waals surface area contributed by atoms with E-state index in [1.54, 1.807) is 31.4 Å². The molecule has 3 aromatic carbocycles. The molecule has 54 heavy (non-hydrogen) atoms. The third kappa shape index (κ3) is 13.9. The van der Waals surface area contributed by atoms with E-state index in [4.69, 9.17) is 9.47 Å². The van der Waals surface area contributed by atoms with Crippen LogP contribution in [0.15, 0.2) is 66.7 Å². The molecule has 0 spiro atoms. The number of hydrogen-bond acceptors (Lipinski definition) is 8. The SMILES string of the molecule is CC[C@H](C)[C@@H](CO)NC(=O)C[C@H](O)[C@H](CC(C)C)NC(=O)[C@H](CC(C)C)NC(=O)[C@H](Cc1cccc2ccccc12)NC(=O)OCc1ccc(OC)cc1. The van der Waals surface area contributed by atoms with Gasteiger partial charge in [0.05, 0.1) is 38.3 Å². The zero-order valence-electron chi connectivity index (χ0n) is 32.8. The minimum Gasteiger partial charge on any atom is -0.497 e. The summed E-state index contributed by atoms with van der Waals surface area (Å²) < 4.78 is 10.7. The van der Waals surface area contributed by atoms with Gasteiger partial charge in [-0.3, -0.25) is 14.4 Å². The molecule has 0 saturated carbocycles. The van der Waals surface area contributed by atoms with Crippen molar-refractivity contribution in [2.24, 2.45) is 17.8 Å². The lowest BCUT2D eigenvalue weighted by atomic mass is 9.95. The van der Waals surface area contributed by atoms with Crippen LogP contribution in [0.3, 0.4) is 0 Å². The largest absolute Gasteiger partial charge is 0.497 e. The number of ether oxygens (including phenoxy) is 2. The van der Waals surface area contributed by atoms with Crippen molar-refractivity contribution in [3.8, 4) is 5.75 Å². The van der Waals surface area contributed by atoms with E-state index in [2.05, 4.69) is 21.3 Å². The van der Waals surface area contributed by atoms with Crippen molar-refractivity contribution in [1.29, 1.82) is 0 Å². The van der Waals surface area contributed by atoms with Crippen molar-refractivity contribution in [1.82, 2.24) is 21.3 Å². The second-order valence-corrected chi connectivity index (χ2v) is 14.9. The molecule has 12 heteroatoms. The number of alkyl carbamates (subject to hydrolysis) is 1. The van der Waals surface area contributed by atoms with Gasteiger partial charge < -0.3 is 41.0 Å². The standard InChI is InChI=1S/C42H60N4O8/c1-8-28(6)37(24-47)43-39(49)23-38(48)34(20-26(2)3)44-40(50)35(21-27(4)5)45-41(51)36(22-31-14-11-13-30-12-9-10-15-33(30)31)46-42(52)54-25-29-16-18-32(53-7)19-17-29/h9-19,26-28,34-38,47-48H,8,20-25H2,1-7H3,(H,43,49)(H,44,50)(H,45,51)(H,46,52)/t28-,34-,35-,36-,37+,38-/m0/s1. The number of hydrogen-bond donors (Lipinski definition) is 6. The molecule has 0 aromatic heterocycles. The molecular formula is C42H60N4O8. The van der Waals surface area contributed by atoms with Crippen molar-refractivity contribution in [2.75, 3.05) is 13.7 Å². The number of aliphatic hydroxyl groups excluding tert-OH is 2. The number of carbonyl (C=O) groups excluding carboxylic acids is 4. The Morgan fingerprint density at radius 1 is 0.741 bits per heavy atom. The Hall–Kier alpha value is -4.68. The quantitative estimate of drug-likeness (QED) is 0.0881. The highest BCUT2D eigenvalue weighted by molar-refractivity contribution is 5.93. The molecule has 0 radical (unpaired) electrons. The van der Waals surface area contributed by atoms with Gasteiger partial charge in [-0.1, -0.05) is 103 Å². The molecule has 0 heterocycles. The fraction of sp³-hybridized carbons (Fsp3) is 0.524. The summed E-state index contributed by atoms with van der Waals surface area (Å²) >= 11 is 0. The van der Waals surface area contributed by atoms with E-state index in [1.165, 1.54) is 0 Å². The van der Waals surface area contributed by atoms with Gasteiger partial charge in [0.25, 0.3) is 0 Å². The van der Waals surface area contributed by atoms with Crippen molar-refractivity contribution in [2.45, 2.75) is 111 Å². The van der Waals surface area contributed by atoms with Crippen LogP contribution in [0.5, 0.6) is 5.75 Å². The highest BCUT2D eigenvalue weighted by Gasteiger charge is 2.32. The summed E-state index contributed by atoms with van der Waals surface area (Å²) in [5.74, 6) is -0.759. The maximum absolute atomic E-state index is 14.1. The van der Waals surface area contributed by atoms with Crippen LogP contribution in [0.4, 0.5) is 4.79 Å². The van der Waals surface area contributed by atoms with Crippen LogP contribution in [0, 0.1) is 17.8 Å². The van der Waals surface area contributed by atoms with Gasteiger partial charge in [0.2, 0.25) is 17.7 Å². The van der Waals surface area contributed by atoms with Gasteiger partial charge in [-0.05, 0) is 64.6 Å². The molecule has 0 bridgehead atoms. The molecule has 3 aromatic rings. The number of benzene rings is 3. The second-order valence-electron chi connectivity index (χ2n) is 14.9. The third-order valence-corrected chi connectivity index (χ3v) is 9.57. The molecule has 0 fully saturated rings. The smallest absolute Gasteiger partial charge is 0.408 e. The van der Waals surface area contributed by atoms with E-state index in [0.717, 1.165) is 28.3 Å². The second kappa shape index (κ2) is 21.9. The predicted octanol–water partition coefficient (Wildman–Crippen LogP) is 5.02. The van der Waals surface area contributed by atoms with Gasteiger partial charge in [-0.15, -0.1) is 0 Å². The molecule has 6 atom stereocenters. The van der Waals surface area contributed by atoms with Crippen molar-refractivity contribution < 1.29 is 38.9 Å². The van der Waals surface area contributed by atoms with Crippen molar-refractivity contribution in [3.63, 3.8) is 0 Å².